The molecule has 46 valence electrons. The van der Waals surface area contributed by atoms with Crippen molar-refractivity contribution in [1.82, 2.24) is 0 Å². The van der Waals surface area contributed by atoms with Crippen LogP contribution in [0, 0.1) is 10.8 Å². The number of amidine groups is 1. The van der Waals surface area contributed by atoms with Crippen LogP contribution in [0.1, 0.15) is 0 Å². The smallest absolute Gasteiger partial charge is 0.297 e. The summed E-state index contributed by atoms with van der Waals surface area (Å²) in [5.74, 6) is 0.0347. The molecule has 0 saturated heterocycles. The molecular weight excluding hydrogens is 158 g/mol. The van der Waals surface area contributed by atoms with E-state index < -0.39 is 0 Å². The Labute approximate surface area is 63.4 Å². The van der Waals surface area contributed by atoms with Crippen LogP contribution in [0.2, 0.25) is 0 Å². The molecule has 0 aromatic heterocycles. The Morgan fingerprint density at radius 3 is 2.33 bits per heavy atom. The molecule has 2 N–H and O–H groups in total. The predicted octanol–water partition coefficient (Wildman–Crippen LogP) is 0.622. The third-order valence-electron chi connectivity index (χ3n) is 0.808. The van der Waals surface area contributed by atoms with Crippen molar-refractivity contribution >= 4 is 17.8 Å². The van der Waals surface area contributed by atoms with Gasteiger partial charge in [0, 0.05) is 6.21 Å². The number of nitrogens with one attached hydrogen (secondary N) is 2. The largest absolute Gasteiger partial charge is 2.00 e. The third-order valence-corrected chi connectivity index (χ3v) is 0.808. The summed E-state index contributed by atoms with van der Waals surface area (Å²) in [6, 6.07) is 0. The van der Waals surface area contributed by atoms with Gasteiger partial charge < -0.3 is 0 Å². The Balaban J connectivity index is 0.000000640. The second-order valence-electron chi connectivity index (χ2n) is 1.40. The molecule has 0 saturated carbocycles. The fraction of sp³-hybridized carbons (Fsp3) is 0. The summed E-state index contributed by atoms with van der Waals surface area (Å²) in [4.78, 5) is 3.56. The topological polar surface area (TPSA) is 60.1 Å². The van der Waals surface area contributed by atoms with E-state index in [0.717, 1.165) is 0 Å². The average Bonchev–Trinajstić information content (AvgIpc) is 1.77. The van der Waals surface area contributed by atoms with Crippen molar-refractivity contribution in [2.75, 3.05) is 0 Å². The summed E-state index contributed by atoms with van der Waals surface area (Å²) in [5, 5.41) is 13.9. The molecule has 0 amide bonds. The van der Waals surface area contributed by atoms with Gasteiger partial charge in [0.05, 0.1) is 5.71 Å². The molecule has 0 aliphatic carbocycles. The quantitative estimate of drug-likeness (QED) is 0.491. The van der Waals surface area contributed by atoms with Crippen molar-refractivity contribution in [3.05, 3.63) is 12.2 Å². The molecule has 0 fully saturated rings. The first-order valence-electron chi connectivity index (χ1n) is 2.19. The Bertz CT molecular complexity index is 170. The SMILES string of the molecule is N=C1C=CC=NC1=N.[Fe+2]. The number of rotatable bonds is 0. The standard InChI is InChI=1S/C5H5N3.Fe/c6-4-2-1-3-8-5(4)7;/h1-3,6-7H;/q;+2. The first-order chi connectivity index (χ1) is 3.80. The van der Waals surface area contributed by atoms with E-state index in [1.54, 1.807) is 6.08 Å². The molecule has 0 aromatic carbocycles. The molecule has 1 heterocycles. The molecule has 3 nitrogen and oxygen atoms in total. The number of hydrogen-bond acceptors (Lipinski definition) is 2. The van der Waals surface area contributed by atoms with Crippen LogP contribution in [0.15, 0.2) is 17.1 Å². The Kier molecular flexibility index (Phi) is 3.06. The van der Waals surface area contributed by atoms with Gasteiger partial charge in [-0.05, 0) is 12.2 Å². The minimum atomic E-state index is 0. The summed E-state index contributed by atoms with van der Waals surface area (Å²) in [7, 11) is 0. The molecule has 1 rings (SSSR count). The van der Waals surface area contributed by atoms with Crippen molar-refractivity contribution in [3.8, 4) is 0 Å². The van der Waals surface area contributed by atoms with Gasteiger partial charge >= 0.3 is 17.1 Å². The van der Waals surface area contributed by atoms with Crippen LogP contribution < -0.4 is 0 Å². The molecule has 1 aliphatic heterocycles. The van der Waals surface area contributed by atoms with Crippen LogP contribution in [0.4, 0.5) is 0 Å². The van der Waals surface area contributed by atoms with Gasteiger partial charge in [0.15, 0.2) is 5.84 Å². The van der Waals surface area contributed by atoms with E-state index in [0.29, 0.717) is 0 Å². The zero-order valence-corrected chi connectivity index (χ0v) is 5.64. The second kappa shape index (κ2) is 3.33. The van der Waals surface area contributed by atoms with Crippen LogP contribution in [-0.2, 0) is 17.1 Å². The summed E-state index contributed by atoms with van der Waals surface area (Å²) >= 11 is 0. The molecule has 0 radical (unpaired) electrons. The first-order valence-corrected chi connectivity index (χ1v) is 2.19. The molecule has 0 spiro atoms. The third kappa shape index (κ3) is 1.91. The second-order valence-corrected chi connectivity index (χ2v) is 1.40. The van der Waals surface area contributed by atoms with E-state index in [1.807, 2.05) is 0 Å². The van der Waals surface area contributed by atoms with Gasteiger partial charge in [-0.3, -0.25) is 10.8 Å². The van der Waals surface area contributed by atoms with E-state index in [2.05, 4.69) is 4.99 Å². The monoisotopic (exact) mass is 163 g/mol. The van der Waals surface area contributed by atoms with Crippen molar-refractivity contribution in [2.24, 2.45) is 4.99 Å². The zero-order valence-electron chi connectivity index (χ0n) is 4.53. The van der Waals surface area contributed by atoms with Gasteiger partial charge in [-0.1, -0.05) is 0 Å². The Morgan fingerprint density at radius 1 is 1.33 bits per heavy atom. The molecule has 0 atom stereocenters. The van der Waals surface area contributed by atoms with Gasteiger partial charge in [-0.25, -0.2) is 4.99 Å². The summed E-state index contributed by atoms with van der Waals surface area (Å²) < 4.78 is 0. The van der Waals surface area contributed by atoms with Crippen molar-refractivity contribution < 1.29 is 17.1 Å². The molecule has 0 aromatic rings. The van der Waals surface area contributed by atoms with Crippen LogP contribution in [0.3, 0.4) is 0 Å². The molecule has 4 heteroatoms. The van der Waals surface area contributed by atoms with E-state index in [9.17, 15) is 0 Å². The number of hydrogen-bond donors (Lipinski definition) is 2. The van der Waals surface area contributed by atoms with Crippen LogP contribution in [-0.4, -0.2) is 17.8 Å². The zero-order chi connectivity index (χ0) is 5.98. The maximum atomic E-state index is 6.97. The van der Waals surface area contributed by atoms with Crippen LogP contribution in [0.5, 0.6) is 0 Å². The Morgan fingerprint density at radius 2 is 2.00 bits per heavy atom. The van der Waals surface area contributed by atoms with Gasteiger partial charge in [0.25, 0.3) is 0 Å². The fourth-order valence-electron chi connectivity index (χ4n) is 0.405. The number of dihydropyridines is 1. The molecule has 0 unspecified atom stereocenters. The Hall–Kier alpha value is -0.731. The van der Waals surface area contributed by atoms with Crippen molar-refractivity contribution in [1.29, 1.82) is 10.8 Å². The van der Waals surface area contributed by atoms with Gasteiger partial charge in [-0.2, -0.15) is 0 Å². The summed E-state index contributed by atoms with van der Waals surface area (Å²) in [6.45, 7) is 0. The number of aliphatic imine (C=N–C) groups is 1. The van der Waals surface area contributed by atoms with Gasteiger partial charge in [-0.15, -0.1) is 0 Å². The molecule has 1 aliphatic rings. The van der Waals surface area contributed by atoms with Gasteiger partial charge in [0.1, 0.15) is 0 Å². The van der Waals surface area contributed by atoms with Crippen molar-refractivity contribution in [3.63, 3.8) is 0 Å². The van der Waals surface area contributed by atoms with E-state index in [1.165, 1.54) is 12.3 Å². The average molecular weight is 163 g/mol. The van der Waals surface area contributed by atoms with E-state index >= 15 is 0 Å². The molecular formula is C5H5FeN3+2. The summed E-state index contributed by atoms with van der Waals surface area (Å²) in [5.41, 5.74) is 0.174. The minimum Gasteiger partial charge on any atom is -0.297 e. The van der Waals surface area contributed by atoms with Crippen LogP contribution >= 0.6 is 0 Å². The normalized spacial score (nSPS) is 15.6. The number of allylic oxidation sites excluding steroid dienone is 1. The molecule has 9 heavy (non-hydrogen) atoms. The maximum Gasteiger partial charge on any atom is 2.00 e. The first kappa shape index (κ1) is 8.27. The fourth-order valence-corrected chi connectivity index (χ4v) is 0.405. The van der Waals surface area contributed by atoms with Crippen LogP contribution in [0.25, 0.3) is 0 Å². The summed E-state index contributed by atoms with van der Waals surface area (Å²) in [6.07, 6.45) is 4.68. The van der Waals surface area contributed by atoms with Gasteiger partial charge in [0.2, 0.25) is 0 Å². The molecule has 0 bridgehead atoms. The van der Waals surface area contributed by atoms with E-state index in [4.69, 9.17) is 10.8 Å². The predicted molar refractivity (Wildman–Crippen MR) is 33.1 cm³/mol. The van der Waals surface area contributed by atoms with E-state index in [-0.39, 0.29) is 28.6 Å². The van der Waals surface area contributed by atoms with Crippen molar-refractivity contribution in [2.45, 2.75) is 0 Å². The maximum absolute atomic E-state index is 6.97. The number of nitrogens with zero attached hydrogens (tertiary/aromatic N) is 1. The minimum absolute atomic E-state index is 0.